The second kappa shape index (κ2) is 4.14. The number of epoxide rings is 1. The van der Waals surface area contributed by atoms with Gasteiger partial charge < -0.3 is 9.64 Å². The molecule has 0 bridgehead atoms. The molecule has 1 aliphatic rings. The summed E-state index contributed by atoms with van der Waals surface area (Å²) in [5.41, 5.74) is 0.820. The summed E-state index contributed by atoms with van der Waals surface area (Å²) in [5, 5.41) is 10.5. The predicted octanol–water partition coefficient (Wildman–Crippen LogP) is 1.12. The third kappa shape index (κ3) is 2.26. The van der Waals surface area contributed by atoms with Gasteiger partial charge in [-0.1, -0.05) is 0 Å². The number of likely N-dealkylation sites (N-methyl/N-ethyl adjacent to an activating group) is 1. The van der Waals surface area contributed by atoms with Gasteiger partial charge in [0.15, 0.2) is 6.10 Å². The number of nitro benzene ring substituents is 1. The third-order valence-electron chi connectivity index (χ3n) is 2.61. The molecule has 0 aromatic heterocycles. The number of carbonyl (C=O) groups is 1. The monoisotopic (exact) mass is 236 g/mol. The van der Waals surface area contributed by atoms with Crippen molar-refractivity contribution in [2.24, 2.45) is 0 Å². The Kier molecular flexibility index (Phi) is 2.81. The van der Waals surface area contributed by atoms with E-state index in [-0.39, 0.29) is 17.7 Å². The lowest BCUT2D eigenvalue weighted by Crippen LogP contribution is -2.26. The van der Waals surface area contributed by atoms with Crippen molar-refractivity contribution >= 4 is 11.6 Å². The van der Waals surface area contributed by atoms with Gasteiger partial charge in [0, 0.05) is 26.2 Å². The average molecular weight is 236 g/mol. The second-order valence-electron chi connectivity index (χ2n) is 4.06. The molecule has 0 aliphatic carbocycles. The smallest absolute Gasteiger partial charge is 0.269 e. The van der Waals surface area contributed by atoms with Gasteiger partial charge in [-0.05, 0) is 17.7 Å². The van der Waals surface area contributed by atoms with Crippen LogP contribution >= 0.6 is 0 Å². The van der Waals surface area contributed by atoms with Crippen molar-refractivity contribution < 1.29 is 14.5 Å². The maximum atomic E-state index is 11.6. The quantitative estimate of drug-likeness (QED) is 0.447. The Balaban J connectivity index is 2.06. The van der Waals surface area contributed by atoms with Gasteiger partial charge in [-0.25, -0.2) is 0 Å². The first-order valence-corrected chi connectivity index (χ1v) is 5.11. The highest BCUT2D eigenvalue weighted by Crippen LogP contribution is 2.39. The summed E-state index contributed by atoms with van der Waals surface area (Å²) in [4.78, 5) is 23.0. The Morgan fingerprint density at radius 1 is 1.35 bits per heavy atom. The van der Waals surface area contributed by atoms with Gasteiger partial charge in [-0.3, -0.25) is 14.9 Å². The van der Waals surface area contributed by atoms with E-state index in [1.54, 1.807) is 26.2 Å². The molecule has 0 spiro atoms. The highest BCUT2D eigenvalue weighted by atomic mass is 16.6. The van der Waals surface area contributed by atoms with Gasteiger partial charge in [-0.15, -0.1) is 0 Å². The molecule has 6 nitrogen and oxygen atoms in total. The summed E-state index contributed by atoms with van der Waals surface area (Å²) in [6.07, 6.45) is -0.725. The van der Waals surface area contributed by atoms with E-state index in [9.17, 15) is 14.9 Å². The van der Waals surface area contributed by atoms with E-state index in [0.29, 0.717) is 0 Å². The van der Waals surface area contributed by atoms with Gasteiger partial charge in [0.05, 0.1) is 4.92 Å². The fourth-order valence-corrected chi connectivity index (χ4v) is 1.59. The summed E-state index contributed by atoms with van der Waals surface area (Å²) in [6, 6.07) is 6.06. The Labute approximate surface area is 97.9 Å². The average Bonchev–Trinajstić information content (AvgIpc) is 3.08. The molecule has 6 heteroatoms. The molecule has 2 atom stereocenters. The van der Waals surface area contributed by atoms with Crippen LogP contribution in [-0.2, 0) is 9.53 Å². The number of nitro groups is 1. The number of carbonyl (C=O) groups excluding carboxylic acids is 1. The Morgan fingerprint density at radius 3 is 2.41 bits per heavy atom. The zero-order valence-corrected chi connectivity index (χ0v) is 9.49. The number of benzene rings is 1. The van der Waals surface area contributed by atoms with Gasteiger partial charge >= 0.3 is 0 Å². The van der Waals surface area contributed by atoms with Crippen molar-refractivity contribution in [2.45, 2.75) is 12.2 Å². The standard InChI is InChI=1S/C11H12N2O4/c1-12(2)11(14)10-9(17-10)7-3-5-8(6-4-7)13(15)16/h3-6,9-10H,1-2H3/t9-,10+/m1/s1. The molecule has 1 saturated heterocycles. The normalized spacial score (nSPS) is 22.0. The number of amides is 1. The Hall–Kier alpha value is -1.95. The third-order valence-corrected chi connectivity index (χ3v) is 2.61. The van der Waals surface area contributed by atoms with Crippen LogP contribution in [0.1, 0.15) is 11.7 Å². The summed E-state index contributed by atoms with van der Waals surface area (Å²) >= 11 is 0. The molecule has 1 aromatic carbocycles. The molecule has 0 saturated carbocycles. The van der Waals surface area contributed by atoms with Crippen LogP contribution in [-0.4, -0.2) is 35.9 Å². The van der Waals surface area contributed by atoms with Crippen LogP contribution < -0.4 is 0 Å². The topological polar surface area (TPSA) is 76.0 Å². The van der Waals surface area contributed by atoms with E-state index in [1.807, 2.05) is 0 Å². The van der Waals surface area contributed by atoms with E-state index < -0.39 is 11.0 Å². The molecule has 1 heterocycles. The minimum absolute atomic E-state index is 0.0323. The molecule has 1 fully saturated rings. The van der Waals surface area contributed by atoms with Crippen LogP contribution in [0.3, 0.4) is 0 Å². The molecule has 17 heavy (non-hydrogen) atoms. The lowest BCUT2D eigenvalue weighted by atomic mass is 10.1. The molecule has 0 unspecified atom stereocenters. The van der Waals surface area contributed by atoms with Gasteiger partial charge in [0.25, 0.3) is 11.6 Å². The van der Waals surface area contributed by atoms with Crippen LogP contribution in [0.5, 0.6) is 0 Å². The fraction of sp³-hybridized carbons (Fsp3) is 0.364. The minimum Gasteiger partial charge on any atom is -0.354 e. The zero-order chi connectivity index (χ0) is 12.6. The molecule has 0 radical (unpaired) electrons. The molecular weight excluding hydrogens is 224 g/mol. The van der Waals surface area contributed by atoms with Gasteiger partial charge in [0.1, 0.15) is 6.10 Å². The highest BCUT2D eigenvalue weighted by molar-refractivity contribution is 5.83. The number of non-ortho nitro benzene ring substituents is 1. The number of hydrogen-bond acceptors (Lipinski definition) is 4. The number of ether oxygens (including phenoxy) is 1. The van der Waals surface area contributed by atoms with E-state index in [4.69, 9.17) is 4.74 Å². The van der Waals surface area contributed by atoms with E-state index in [1.165, 1.54) is 17.0 Å². The molecule has 1 amide bonds. The van der Waals surface area contributed by atoms with Crippen molar-refractivity contribution in [2.75, 3.05) is 14.1 Å². The number of rotatable bonds is 3. The predicted molar refractivity (Wildman–Crippen MR) is 59.4 cm³/mol. The van der Waals surface area contributed by atoms with Crippen molar-refractivity contribution in [3.05, 3.63) is 39.9 Å². The second-order valence-corrected chi connectivity index (χ2v) is 4.06. The fourth-order valence-electron chi connectivity index (χ4n) is 1.59. The Morgan fingerprint density at radius 2 is 1.94 bits per heavy atom. The summed E-state index contributed by atoms with van der Waals surface area (Å²) in [6.45, 7) is 0. The summed E-state index contributed by atoms with van der Waals surface area (Å²) < 4.78 is 5.27. The number of nitrogens with zero attached hydrogens (tertiary/aromatic N) is 2. The maximum absolute atomic E-state index is 11.6. The minimum atomic E-state index is -0.458. The molecule has 2 rings (SSSR count). The van der Waals surface area contributed by atoms with Gasteiger partial charge in [0.2, 0.25) is 0 Å². The molecular formula is C11H12N2O4. The first-order valence-electron chi connectivity index (χ1n) is 5.11. The molecule has 90 valence electrons. The van der Waals surface area contributed by atoms with Gasteiger partial charge in [-0.2, -0.15) is 0 Å². The summed E-state index contributed by atoms with van der Waals surface area (Å²) in [7, 11) is 3.33. The number of hydrogen-bond donors (Lipinski definition) is 0. The van der Waals surface area contributed by atoms with Crippen LogP contribution in [0.2, 0.25) is 0 Å². The van der Waals surface area contributed by atoms with E-state index in [2.05, 4.69) is 0 Å². The SMILES string of the molecule is CN(C)C(=O)[C@H]1O[C@@H]1c1ccc([N+](=O)[O-])cc1. The van der Waals surface area contributed by atoms with E-state index >= 15 is 0 Å². The zero-order valence-electron chi connectivity index (χ0n) is 9.49. The Bertz CT molecular complexity index is 455. The molecule has 0 N–H and O–H groups in total. The van der Waals surface area contributed by atoms with Crippen LogP contribution in [0.4, 0.5) is 5.69 Å². The maximum Gasteiger partial charge on any atom is 0.269 e. The van der Waals surface area contributed by atoms with E-state index in [0.717, 1.165) is 5.56 Å². The first-order chi connectivity index (χ1) is 8.00. The first kappa shape index (κ1) is 11.5. The van der Waals surface area contributed by atoms with Crippen LogP contribution in [0.15, 0.2) is 24.3 Å². The van der Waals surface area contributed by atoms with Crippen molar-refractivity contribution in [3.8, 4) is 0 Å². The highest BCUT2D eigenvalue weighted by Gasteiger charge is 2.46. The summed E-state index contributed by atoms with van der Waals surface area (Å²) in [5.74, 6) is -0.0895. The lowest BCUT2D eigenvalue weighted by Gasteiger charge is -2.06. The van der Waals surface area contributed by atoms with Crippen molar-refractivity contribution in [1.82, 2.24) is 4.90 Å². The molecule has 1 aliphatic heterocycles. The van der Waals surface area contributed by atoms with Crippen LogP contribution in [0.25, 0.3) is 0 Å². The van der Waals surface area contributed by atoms with Crippen molar-refractivity contribution in [3.63, 3.8) is 0 Å². The molecule has 1 aromatic rings. The largest absolute Gasteiger partial charge is 0.354 e. The van der Waals surface area contributed by atoms with Crippen LogP contribution in [0, 0.1) is 10.1 Å². The lowest BCUT2D eigenvalue weighted by molar-refractivity contribution is -0.384. The van der Waals surface area contributed by atoms with Crippen molar-refractivity contribution in [1.29, 1.82) is 0 Å².